The maximum Gasteiger partial charge on any atom is 0.115 e. The number of halogens is 1. The Kier molecular flexibility index (Phi) is 2.44. The fourth-order valence-electron chi connectivity index (χ4n) is 2.22. The first-order chi connectivity index (χ1) is 6.68. The van der Waals surface area contributed by atoms with Crippen LogP contribution in [-0.4, -0.2) is 10.8 Å². The molecule has 2 rings (SSSR count). The maximum absolute atomic E-state index is 14.0. The van der Waals surface area contributed by atoms with E-state index >= 15 is 0 Å². The van der Waals surface area contributed by atoms with E-state index in [4.69, 9.17) is 0 Å². The van der Waals surface area contributed by atoms with Gasteiger partial charge in [-0.1, -0.05) is 25.0 Å². The molecule has 0 atom stereocenters. The van der Waals surface area contributed by atoms with E-state index in [1.54, 1.807) is 18.2 Å². The van der Waals surface area contributed by atoms with Crippen LogP contribution in [0.3, 0.4) is 0 Å². The Bertz CT molecular complexity index is 316. The number of benzene rings is 1. The second-order valence-electron chi connectivity index (χ2n) is 4.20. The van der Waals surface area contributed by atoms with Gasteiger partial charge in [-0.2, -0.15) is 0 Å². The highest BCUT2D eigenvalue weighted by Gasteiger charge is 2.33. The van der Waals surface area contributed by atoms with E-state index in [1.807, 2.05) is 6.07 Å². The number of phenolic OH excluding ortho intramolecular Hbond substituents is 1. The lowest BCUT2D eigenvalue weighted by atomic mass is 9.95. The van der Waals surface area contributed by atoms with E-state index in [-0.39, 0.29) is 5.75 Å². The minimum atomic E-state index is -1.02. The van der Waals surface area contributed by atoms with Crippen LogP contribution in [0.15, 0.2) is 24.3 Å². The zero-order valence-corrected chi connectivity index (χ0v) is 8.17. The van der Waals surface area contributed by atoms with Crippen molar-refractivity contribution >= 4 is 0 Å². The third-order valence-corrected chi connectivity index (χ3v) is 2.93. The minimum absolute atomic E-state index is 0.226. The number of hydrogen-bond donors (Lipinski definition) is 1. The van der Waals surface area contributed by atoms with E-state index < -0.39 is 5.67 Å². The van der Waals surface area contributed by atoms with Gasteiger partial charge in [-0.15, -0.1) is 0 Å². The smallest absolute Gasteiger partial charge is 0.115 e. The lowest BCUT2D eigenvalue weighted by Gasteiger charge is -2.18. The van der Waals surface area contributed by atoms with Crippen molar-refractivity contribution in [2.75, 3.05) is 0 Å². The van der Waals surface area contributed by atoms with Gasteiger partial charge >= 0.3 is 0 Å². The predicted octanol–water partition coefficient (Wildman–Crippen LogP) is 3.22. The van der Waals surface area contributed by atoms with Crippen LogP contribution in [-0.2, 0) is 6.42 Å². The van der Waals surface area contributed by atoms with Gasteiger partial charge in [0.25, 0.3) is 0 Å². The van der Waals surface area contributed by atoms with Crippen molar-refractivity contribution in [2.24, 2.45) is 0 Å². The van der Waals surface area contributed by atoms with Gasteiger partial charge in [0, 0.05) is 6.42 Å². The largest absolute Gasteiger partial charge is 0.508 e. The van der Waals surface area contributed by atoms with Crippen molar-refractivity contribution in [3.63, 3.8) is 0 Å². The molecule has 1 aromatic carbocycles. The van der Waals surface area contributed by atoms with Crippen LogP contribution in [0, 0.1) is 0 Å². The third kappa shape index (κ3) is 2.06. The molecule has 1 fully saturated rings. The lowest BCUT2D eigenvalue weighted by Crippen LogP contribution is -2.20. The number of rotatable bonds is 2. The molecule has 0 heterocycles. The summed E-state index contributed by atoms with van der Waals surface area (Å²) < 4.78 is 14.0. The van der Waals surface area contributed by atoms with Crippen LogP contribution in [0.1, 0.15) is 31.2 Å². The van der Waals surface area contributed by atoms with Crippen molar-refractivity contribution in [1.29, 1.82) is 0 Å². The second-order valence-corrected chi connectivity index (χ2v) is 4.20. The fourth-order valence-corrected chi connectivity index (χ4v) is 2.22. The average molecular weight is 194 g/mol. The summed E-state index contributed by atoms with van der Waals surface area (Å²) in [6.45, 7) is 0. The first-order valence-corrected chi connectivity index (χ1v) is 5.15. The molecule has 1 N–H and O–H groups in total. The van der Waals surface area contributed by atoms with Crippen molar-refractivity contribution in [3.05, 3.63) is 29.8 Å². The molecule has 0 unspecified atom stereocenters. The fraction of sp³-hybridized carbons (Fsp3) is 0.500. The lowest BCUT2D eigenvalue weighted by molar-refractivity contribution is 0.173. The molecule has 1 nitrogen and oxygen atoms in total. The number of phenols is 1. The number of hydrogen-bond acceptors (Lipinski definition) is 1. The molecule has 0 spiro atoms. The molecule has 1 aliphatic rings. The monoisotopic (exact) mass is 194 g/mol. The van der Waals surface area contributed by atoms with E-state index in [2.05, 4.69) is 0 Å². The van der Waals surface area contributed by atoms with Crippen molar-refractivity contribution < 1.29 is 9.50 Å². The molecule has 0 amide bonds. The molecule has 1 aromatic rings. The van der Waals surface area contributed by atoms with Gasteiger partial charge in [-0.25, -0.2) is 4.39 Å². The van der Waals surface area contributed by atoms with Crippen LogP contribution >= 0.6 is 0 Å². The molecule has 1 aliphatic carbocycles. The van der Waals surface area contributed by atoms with Crippen molar-refractivity contribution in [3.8, 4) is 5.75 Å². The third-order valence-electron chi connectivity index (χ3n) is 2.93. The summed E-state index contributed by atoms with van der Waals surface area (Å²) in [5, 5.41) is 9.25. The molecule has 0 aliphatic heterocycles. The highest BCUT2D eigenvalue weighted by molar-refractivity contribution is 5.28. The highest BCUT2D eigenvalue weighted by Crippen LogP contribution is 2.36. The SMILES string of the molecule is Oc1cccc(CC2(F)CCCC2)c1. The number of alkyl halides is 1. The second kappa shape index (κ2) is 3.60. The first kappa shape index (κ1) is 9.50. The Morgan fingerprint density at radius 3 is 2.64 bits per heavy atom. The summed E-state index contributed by atoms with van der Waals surface area (Å²) in [7, 11) is 0. The molecular formula is C12H15FO. The number of aromatic hydroxyl groups is 1. The van der Waals surface area contributed by atoms with Crippen LogP contribution in [0.5, 0.6) is 5.75 Å². The normalized spacial score (nSPS) is 19.8. The molecule has 14 heavy (non-hydrogen) atoms. The van der Waals surface area contributed by atoms with E-state index in [0.29, 0.717) is 19.3 Å². The molecule has 0 aromatic heterocycles. The van der Waals surface area contributed by atoms with Crippen LogP contribution < -0.4 is 0 Å². The Labute approximate surface area is 83.6 Å². The zero-order valence-electron chi connectivity index (χ0n) is 8.17. The van der Waals surface area contributed by atoms with Gasteiger partial charge in [0.15, 0.2) is 0 Å². The molecule has 0 radical (unpaired) electrons. The van der Waals surface area contributed by atoms with Gasteiger partial charge in [0.1, 0.15) is 11.4 Å². The molecule has 76 valence electrons. The predicted molar refractivity (Wildman–Crippen MR) is 54.1 cm³/mol. The first-order valence-electron chi connectivity index (χ1n) is 5.15. The van der Waals surface area contributed by atoms with E-state index in [9.17, 15) is 9.50 Å². The Balaban J connectivity index is 2.10. The summed E-state index contributed by atoms with van der Waals surface area (Å²) in [5.41, 5.74) is -0.122. The van der Waals surface area contributed by atoms with E-state index in [1.165, 1.54) is 0 Å². The van der Waals surface area contributed by atoms with Gasteiger partial charge in [0.2, 0.25) is 0 Å². The highest BCUT2D eigenvalue weighted by atomic mass is 19.1. The van der Waals surface area contributed by atoms with E-state index in [0.717, 1.165) is 18.4 Å². The summed E-state index contributed by atoms with van der Waals surface area (Å²) in [6, 6.07) is 6.91. The summed E-state index contributed by atoms with van der Waals surface area (Å²) in [5.74, 6) is 0.226. The topological polar surface area (TPSA) is 20.2 Å². The van der Waals surface area contributed by atoms with Gasteiger partial charge in [-0.3, -0.25) is 0 Å². The van der Waals surface area contributed by atoms with Crippen LogP contribution in [0.4, 0.5) is 4.39 Å². The molecule has 1 saturated carbocycles. The standard InChI is InChI=1S/C12H15FO/c13-12(6-1-2-7-12)9-10-4-3-5-11(14)8-10/h3-5,8,14H,1-2,6-7,9H2. The quantitative estimate of drug-likeness (QED) is 0.766. The van der Waals surface area contributed by atoms with Crippen LogP contribution in [0.2, 0.25) is 0 Å². The minimum Gasteiger partial charge on any atom is -0.508 e. The maximum atomic E-state index is 14.0. The summed E-state index contributed by atoms with van der Waals surface area (Å²) in [6.07, 6.45) is 3.78. The van der Waals surface area contributed by atoms with Gasteiger partial charge < -0.3 is 5.11 Å². The van der Waals surface area contributed by atoms with Gasteiger partial charge in [0.05, 0.1) is 0 Å². The Hall–Kier alpha value is -1.05. The molecule has 2 heteroatoms. The molecule has 0 bridgehead atoms. The summed E-state index contributed by atoms with van der Waals surface area (Å²) >= 11 is 0. The van der Waals surface area contributed by atoms with Crippen LogP contribution in [0.25, 0.3) is 0 Å². The molecular weight excluding hydrogens is 179 g/mol. The zero-order chi connectivity index (χ0) is 10.0. The average Bonchev–Trinajstić information content (AvgIpc) is 2.51. The Morgan fingerprint density at radius 1 is 1.29 bits per heavy atom. The summed E-state index contributed by atoms with van der Waals surface area (Å²) in [4.78, 5) is 0. The Morgan fingerprint density at radius 2 is 2.00 bits per heavy atom. The van der Waals surface area contributed by atoms with Gasteiger partial charge in [-0.05, 0) is 30.5 Å². The van der Waals surface area contributed by atoms with Crippen molar-refractivity contribution in [1.82, 2.24) is 0 Å². The van der Waals surface area contributed by atoms with Crippen molar-refractivity contribution in [2.45, 2.75) is 37.8 Å². The molecule has 0 saturated heterocycles.